The van der Waals surface area contributed by atoms with Crippen molar-refractivity contribution in [2.75, 3.05) is 13.2 Å². The van der Waals surface area contributed by atoms with Crippen molar-refractivity contribution in [1.29, 1.82) is 0 Å². The number of aliphatic hydroxyl groups is 1. The summed E-state index contributed by atoms with van der Waals surface area (Å²) in [6, 6.07) is 7.32. The number of nitrogens with zero attached hydrogens (tertiary/aromatic N) is 3. The summed E-state index contributed by atoms with van der Waals surface area (Å²) in [6.07, 6.45) is 10.5. The van der Waals surface area contributed by atoms with E-state index < -0.39 is 24.0 Å². The van der Waals surface area contributed by atoms with Crippen molar-refractivity contribution < 1.29 is 19.1 Å². The molecule has 7 nitrogen and oxygen atoms in total. The van der Waals surface area contributed by atoms with Gasteiger partial charge in [0.15, 0.2) is 11.4 Å². The number of imidazole rings is 1. The second-order valence-electron chi connectivity index (χ2n) is 9.41. The fourth-order valence-electron chi connectivity index (χ4n) is 5.34. The Morgan fingerprint density at radius 1 is 1.24 bits per heavy atom. The summed E-state index contributed by atoms with van der Waals surface area (Å²) >= 11 is 0. The molecule has 2 aromatic rings. The molecule has 2 amide bonds. The summed E-state index contributed by atoms with van der Waals surface area (Å²) in [6.45, 7) is -0.873. The molecule has 1 fully saturated rings. The lowest BCUT2D eigenvalue weighted by Gasteiger charge is -2.46. The zero-order chi connectivity index (χ0) is 23.0. The highest BCUT2D eigenvalue weighted by atomic mass is 19.1. The van der Waals surface area contributed by atoms with Crippen LogP contribution in [0.25, 0.3) is 11.0 Å². The smallest absolute Gasteiger partial charge is 0.290 e. The van der Waals surface area contributed by atoms with Crippen LogP contribution >= 0.6 is 0 Å². The number of amides is 2. The van der Waals surface area contributed by atoms with Crippen molar-refractivity contribution in [3.05, 3.63) is 54.1 Å². The first kappa shape index (κ1) is 21.7. The van der Waals surface area contributed by atoms with Gasteiger partial charge in [-0.15, -0.1) is 0 Å². The van der Waals surface area contributed by atoms with Crippen LogP contribution in [0.4, 0.5) is 4.39 Å². The minimum Gasteiger partial charge on any atom is -0.512 e. The monoisotopic (exact) mass is 452 g/mol. The molecule has 0 saturated heterocycles. The molecule has 1 saturated carbocycles. The molecule has 1 aromatic carbocycles. The van der Waals surface area contributed by atoms with Crippen molar-refractivity contribution in [1.82, 2.24) is 19.8 Å². The maximum atomic E-state index is 15.0. The molecular formula is C25H29FN4O3. The first-order valence-corrected chi connectivity index (χ1v) is 11.7. The van der Waals surface area contributed by atoms with E-state index >= 15 is 4.39 Å². The minimum absolute atomic E-state index is 0.00188. The van der Waals surface area contributed by atoms with E-state index in [-0.39, 0.29) is 36.6 Å². The van der Waals surface area contributed by atoms with E-state index in [9.17, 15) is 14.7 Å². The van der Waals surface area contributed by atoms with Crippen molar-refractivity contribution in [2.24, 2.45) is 5.92 Å². The van der Waals surface area contributed by atoms with Gasteiger partial charge in [0, 0.05) is 24.9 Å². The number of benzene rings is 1. The van der Waals surface area contributed by atoms with Crippen LogP contribution in [0, 0.1) is 5.92 Å². The topological polar surface area (TPSA) is 87.5 Å². The van der Waals surface area contributed by atoms with Gasteiger partial charge >= 0.3 is 0 Å². The number of aliphatic hydroxyl groups excluding tert-OH is 1. The molecule has 33 heavy (non-hydrogen) atoms. The van der Waals surface area contributed by atoms with Gasteiger partial charge in [0.25, 0.3) is 11.8 Å². The van der Waals surface area contributed by atoms with E-state index in [0.717, 1.165) is 32.1 Å². The molecule has 2 atom stereocenters. The zero-order valence-corrected chi connectivity index (χ0v) is 18.5. The van der Waals surface area contributed by atoms with E-state index in [1.54, 1.807) is 16.7 Å². The Hall–Kier alpha value is -3.16. The molecule has 1 aliphatic heterocycles. The second-order valence-corrected chi connectivity index (χ2v) is 9.41. The number of halogens is 1. The lowest BCUT2D eigenvalue weighted by atomic mass is 9.89. The molecule has 1 aromatic heterocycles. The minimum atomic E-state index is -1.67. The second kappa shape index (κ2) is 8.65. The highest BCUT2D eigenvalue weighted by Crippen LogP contribution is 2.34. The van der Waals surface area contributed by atoms with E-state index in [1.807, 2.05) is 30.3 Å². The van der Waals surface area contributed by atoms with Crippen LogP contribution in [0.3, 0.4) is 0 Å². The van der Waals surface area contributed by atoms with E-state index in [0.29, 0.717) is 17.5 Å². The third kappa shape index (κ3) is 3.81. The number of hydrogen-bond donors (Lipinski definition) is 2. The van der Waals surface area contributed by atoms with Gasteiger partial charge in [-0.2, -0.15) is 0 Å². The van der Waals surface area contributed by atoms with Gasteiger partial charge < -0.3 is 19.9 Å². The predicted octanol–water partition coefficient (Wildman–Crippen LogP) is 3.67. The number of allylic oxidation sites excluding steroid dienone is 3. The maximum absolute atomic E-state index is 15.0. The van der Waals surface area contributed by atoms with Gasteiger partial charge in [-0.3, -0.25) is 9.59 Å². The number of nitrogens with one attached hydrogen (secondary N) is 1. The number of hydrogen-bond acceptors (Lipinski definition) is 4. The Bertz CT molecular complexity index is 1130. The largest absolute Gasteiger partial charge is 0.512 e. The Balaban J connectivity index is 1.54. The molecule has 2 heterocycles. The lowest BCUT2D eigenvalue weighted by Crippen LogP contribution is -2.68. The highest BCUT2D eigenvalue weighted by molar-refractivity contribution is 6.01. The van der Waals surface area contributed by atoms with Crippen molar-refractivity contribution in [2.45, 2.75) is 56.7 Å². The van der Waals surface area contributed by atoms with Crippen LogP contribution in [0.1, 0.15) is 49.1 Å². The van der Waals surface area contributed by atoms with Crippen molar-refractivity contribution in [3.8, 4) is 0 Å². The van der Waals surface area contributed by atoms with Crippen LogP contribution in [0.2, 0.25) is 0 Å². The SMILES string of the molecule is O=C1c2nc3ccccc3n2CC(CF)(C(=O)NC2CCCCC2)N1CC1C=CC=C(O)C1. The van der Waals surface area contributed by atoms with Crippen LogP contribution in [-0.4, -0.2) is 56.2 Å². The van der Waals surface area contributed by atoms with Crippen molar-refractivity contribution >= 4 is 22.8 Å². The summed E-state index contributed by atoms with van der Waals surface area (Å²) in [4.78, 5) is 33.3. The van der Waals surface area contributed by atoms with Crippen LogP contribution in [-0.2, 0) is 11.3 Å². The summed E-state index contributed by atoms with van der Waals surface area (Å²) in [5.41, 5.74) is -0.321. The summed E-state index contributed by atoms with van der Waals surface area (Å²) in [7, 11) is 0. The molecule has 0 spiro atoms. The number of rotatable bonds is 5. The molecule has 2 N–H and O–H groups in total. The molecular weight excluding hydrogens is 423 g/mol. The molecule has 3 aliphatic rings. The van der Waals surface area contributed by atoms with E-state index in [4.69, 9.17) is 0 Å². The Labute approximate surface area is 192 Å². The number of fused-ring (bicyclic) bond motifs is 3. The van der Waals surface area contributed by atoms with Gasteiger partial charge in [-0.1, -0.05) is 43.5 Å². The average Bonchev–Trinajstić information content (AvgIpc) is 3.20. The number of alkyl halides is 1. The fraction of sp³-hybridized carbons (Fsp3) is 0.480. The molecule has 2 aliphatic carbocycles. The van der Waals surface area contributed by atoms with Gasteiger partial charge in [0.2, 0.25) is 0 Å². The highest BCUT2D eigenvalue weighted by Gasteiger charge is 2.53. The van der Waals surface area contributed by atoms with Crippen molar-refractivity contribution in [3.63, 3.8) is 0 Å². The summed E-state index contributed by atoms with van der Waals surface area (Å²) < 4.78 is 16.7. The zero-order valence-electron chi connectivity index (χ0n) is 18.5. The fourth-order valence-corrected chi connectivity index (χ4v) is 5.34. The number of aromatic nitrogens is 2. The molecule has 2 unspecified atom stereocenters. The lowest BCUT2D eigenvalue weighted by molar-refractivity contribution is -0.136. The number of para-hydroxylation sites is 2. The van der Waals surface area contributed by atoms with E-state index in [1.165, 1.54) is 4.90 Å². The average molecular weight is 453 g/mol. The third-order valence-electron chi connectivity index (χ3n) is 7.17. The predicted molar refractivity (Wildman–Crippen MR) is 122 cm³/mol. The standard InChI is InChI=1S/C25H29FN4O3/c26-15-25(24(33)27-18-8-2-1-3-9-18)16-29-21-12-5-4-11-20(21)28-22(29)23(32)30(25)14-17-7-6-10-19(31)13-17/h4-7,10-12,17-18,31H,1-3,8-9,13-16H2,(H,27,33). The molecule has 174 valence electrons. The molecule has 0 radical (unpaired) electrons. The Morgan fingerprint density at radius 3 is 2.79 bits per heavy atom. The quantitative estimate of drug-likeness (QED) is 0.725. The van der Waals surface area contributed by atoms with E-state index in [2.05, 4.69) is 10.3 Å². The summed E-state index contributed by atoms with van der Waals surface area (Å²) in [5.74, 6) is -0.713. The first-order chi connectivity index (χ1) is 16.0. The van der Waals surface area contributed by atoms with Crippen LogP contribution in [0.15, 0.2) is 48.3 Å². The van der Waals surface area contributed by atoms with Gasteiger partial charge in [0.05, 0.1) is 23.3 Å². The Kier molecular flexibility index (Phi) is 5.68. The van der Waals surface area contributed by atoms with Gasteiger partial charge in [-0.25, -0.2) is 9.37 Å². The number of carbonyl (C=O) groups is 2. The normalized spacial score (nSPS) is 25.7. The van der Waals surface area contributed by atoms with Gasteiger partial charge in [0.1, 0.15) is 6.67 Å². The van der Waals surface area contributed by atoms with Gasteiger partial charge in [-0.05, 0) is 31.1 Å². The molecule has 8 heteroatoms. The first-order valence-electron chi connectivity index (χ1n) is 11.7. The third-order valence-corrected chi connectivity index (χ3v) is 7.17. The maximum Gasteiger partial charge on any atom is 0.290 e. The molecule has 0 bridgehead atoms. The van der Waals surface area contributed by atoms with Crippen LogP contribution in [0.5, 0.6) is 0 Å². The summed E-state index contributed by atoms with van der Waals surface area (Å²) in [5, 5.41) is 13.0. The Morgan fingerprint density at radius 2 is 2.03 bits per heavy atom. The van der Waals surface area contributed by atoms with Crippen LogP contribution < -0.4 is 5.32 Å². The molecule has 5 rings (SSSR count). The number of carbonyl (C=O) groups excluding carboxylic acids is 2.